The quantitative estimate of drug-likeness (QED) is 0.567. The van der Waals surface area contributed by atoms with Crippen molar-refractivity contribution >= 4 is 0 Å². The first-order valence-electron chi connectivity index (χ1n) is 4.61. The lowest BCUT2D eigenvalue weighted by atomic mass is 9.89. The average Bonchev–Trinajstić information content (AvgIpc) is 2.64. The van der Waals surface area contributed by atoms with Gasteiger partial charge in [-0.1, -0.05) is 18.2 Å². The number of rotatable bonds is 0. The SMILES string of the molecule is Cc1cccc2c1[C@@H]1CC[C@H]2O1. The van der Waals surface area contributed by atoms with Gasteiger partial charge in [0.1, 0.15) is 0 Å². The maximum Gasteiger partial charge on any atom is 0.0840 e. The van der Waals surface area contributed by atoms with Crippen LogP contribution >= 0.6 is 0 Å². The molecule has 2 aliphatic rings. The smallest absolute Gasteiger partial charge is 0.0840 e. The lowest BCUT2D eigenvalue weighted by molar-refractivity contribution is 0.0715. The topological polar surface area (TPSA) is 9.23 Å². The van der Waals surface area contributed by atoms with Gasteiger partial charge in [0.2, 0.25) is 0 Å². The molecular formula is C11H12O. The van der Waals surface area contributed by atoms with Crippen molar-refractivity contribution in [3.8, 4) is 0 Å². The van der Waals surface area contributed by atoms with Crippen LogP contribution in [0.2, 0.25) is 0 Å². The Morgan fingerprint density at radius 1 is 1.25 bits per heavy atom. The lowest BCUT2D eigenvalue weighted by Crippen LogP contribution is -1.99. The van der Waals surface area contributed by atoms with E-state index in [4.69, 9.17) is 4.74 Å². The van der Waals surface area contributed by atoms with Crippen molar-refractivity contribution in [2.24, 2.45) is 0 Å². The lowest BCUT2D eigenvalue weighted by Gasteiger charge is -2.12. The van der Waals surface area contributed by atoms with Gasteiger partial charge >= 0.3 is 0 Å². The van der Waals surface area contributed by atoms with Gasteiger partial charge in [-0.2, -0.15) is 0 Å². The standard InChI is InChI=1S/C11H12O/c1-7-3-2-4-8-9-5-6-10(12-9)11(7)8/h2-4,9-10H,5-6H2,1H3/t9-,10+/m1/s1. The van der Waals surface area contributed by atoms with Gasteiger partial charge in [0.15, 0.2) is 0 Å². The third-order valence-electron chi connectivity index (χ3n) is 3.05. The fourth-order valence-electron chi connectivity index (χ4n) is 2.50. The summed E-state index contributed by atoms with van der Waals surface area (Å²) in [5.74, 6) is 0. The van der Waals surface area contributed by atoms with Gasteiger partial charge in [0.25, 0.3) is 0 Å². The molecule has 1 saturated heterocycles. The summed E-state index contributed by atoms with van der Waals surface area (Å²) >= 11 is 0. The van der Waals surface area contributed by atoms with Crippen LogP contribution in [0.25, 0.3) is 0 Å². The minimum absolute atomic E-state index is 0.421. The van der Waals surface area contributed by atoms with E-state index in [1.54, 1.807) is 0 Å². The molecule has 0 unspecified atom stereocenters. The highest BCUT2D eigenvalue weighted by Crippen LogP contribution is 2.51. The van der Waals surface area contributed by atoms with Gasteiger partial charge in [-0.05, 0) is 36.5 Å². The van der Waals surface area contributed by atoms with Crippen molar-refractivity contribution in [2.75, 3.05) is 0 Å². The highest BCUT2D eigenvalue weighted by molar-refractivity contribution is 5.42. The van der Waals surface area contributed by atoms with Crippen LogP contribution in [0.1, 0.15) is 41.7 Å². The molecule has 2 atom stereocenters. The van der Waals surface area contributed by atoms with Crippen LogP contribution < -0.4 is 0 Å². The predicted molar refractivity (Wildman–Crippen MR) is 47.0 cm³/mol. The molecule has 2 bridgehead atoms. The molecule has 62 valence electrons. The average molecular weight is 160 g/mol. The molecule has 12 heavy (non-hydrogen) atoms. The molecule has 1 aromatic rings. The molecule has 1 heteroatoms. The van der Waals surface area contributed by atoms with E-state index in [0.29, 0.717) is 12.2 Å². The molecule has 3 rings (SSSR count). The van der Waals surface area contributed by atoms with Crippen LogP contribution in [0.3, 0.4) is 0 Å². The van der Waals surface area contributed by atoms with Crippen molar-refractivity contribution < 1.29 is 4.74 Å². The third-order valence-corrected chi connectivity index (χ3v) is 3.05. The van der Waals surface area contributed by atoms with Gasteiger partial charge < -0.3 is 4.74 Å². The van der Waals surface area contributed by atoms with Crippen LogP contribution in [0.4, 0.5) is 0 Å². The monoisotopic (exact) mass is 160 g/mol. The van der Waals surface area contributed by atoms with E-state index in [1.807, 2.05) is 0 Å². The van der Waals surface area contributed by atoms with E-state index in [0.717, 1.165) is 0 Å². The number of ether oxygens (including phenoxy) is 1. The van der Waals surface area contributed by atoms with Crippen molar-refractivity contribution in [2.45, 2.75) is 32.0 Å². The molecule has 0 aromatic heterocycles. The minimum Gasteiger partial charge on any atom is -0.366 e. The molecule has 2 heterocycles. The fraction of sp³-hybridized carbons (Fsp3) is 0.455. The summed E-state index contributed by atoms with van der Waals surface area (Å²) < 4.78 is 5.82. The molecule has 1 nitrogen and oxygen atoms in total. The number of hydrogen-bond acceptors (Lipinski definition) is 1. The van der Waals surface area contributed by atoms with Crippen LogP contribution in [-0.4, -0.2) is 0 Å². The summed E-state index contributed by atoms with van der Waals surface area (Å²) in [5.41, 5.74) is 4.33. The summed E-state index contributed by atoms with van der Waals surface area (Å²) in [6.07, 6.45) is 3.29. The Bertz CT molecular complexity index is 330. The zero-order valence-corrected chi connectivity index (χ0v) is 7.21. The van der Waals surface area contributed by atoms with Gasteiger partial charge in [-0.15, -0.1) is 0 Å². The summed E-state index contributed by atoms with van der Waals surface area (Å²) in [6, 6.07) is 6.54. The normalized spacial score (nSPS) is 30.8. The van der Waals surface area contributed by atoms with Gasteiger partial charge in [-0.25, -0.2) is 0 Å². The predicted octanol–water partition coefficient (Wildman–Crippen LogP) is 2.90. The first-order chi connectivity index (χ1) is 5.86. The Kier molecular flexibility index (Phi) is 1.17. The molecule has 0 radical (unpaired) electrons. The van der Waals surface area contributed by atoms with E-state index in [1.165, 1.54) is 29.5 Å². The second-order valence-electron chi connectivity index (χ2n) is 3.77. The molecule has 0 spiro atoms. The van der Waals surface area contributed by atoms with Crippen LogP contribution in [0, 0.1) is 6.92 Å². The largest absolute Gasteiger partial charge is 0.366 e. The van der Waals surface area contributed by atoms with Crippen molar-refractivity contribution in [1.29, 1.82) is 0 Å². The maximum absolute atomic E-state index is 5.82. The Morgan fingerprint density at radius 3 is 2.92 bits per heavy atom. The van der Waals surface area contributed by atoms with Gasteiger partial charge in [0, 0.05) is 0 Å². The van der Waals surface area contributed by atoms with Gasteiger partial charge in [0.05, 0.1) is 12.2 Å². The number of aryl methyl sites for hydroxylation is 1. The molecule has 2 aliphatic heterocycles. The Hall–Kier alpha value is -0.820. The minimum atomic E-state index is 0.421. The van der Waals surface area contributed by atoms with Crippen LogP contribution in [-0.2, 0) is 4.74 Å². The number of hydrogen-bond donors (Lipinski definition) is 0. The summed E-state index contributed by atoms with van der Waals surface area (Å²) in [4.78, 5) is 0. The number of fused-ring (bicyclic) bond motifs is 5. The summed E-state index contributed by atoms with van der Waals surface area (Å²) in [6.45, 7) is 2.18. The zero-order chi connectivity index (χ0) is 8.13. The molecule has 1 aromatic carbocycles. The third kappa shape index (κ3) is 0.674. The first kappa shape index (κ1) is 6.67. The molecular weight excluding hydrogens is 148 g/mol. The van der Waals surface area contributed by atoms with E-state index >= 15 is 0 Å². The van der Waals surface area contributed by atoms with Crippen molar-refractivity contribution in [3.63, 3.8) is 0 Å². The van der Waals surface area contributed by atoms with E-state index in [-0.39, 0.29) is 0 Å². The molecule has 1 fully saturated rings. The summed E-state index contributed by atoms with van der Waals surface area (Å²) in [7, 11) is 0. The summed E-state index contributed by atoms with van der Waals surface area (Å²) in [5, 5.41) is 0. The van der Waals surface area contributed by atoms with Crippen LogP contribution in [0.5, 0.6) is 0 Å². The highest BCUT2D eigenvalue weighted by Gasteiger charge is 2.38. The van der Waals surface area contributed by atoms with Crippen LogP contribution in [0.15, 0.2) is 18.2 Å². The van der Waals surface area contributed by atoms with E-state index in [2.05, 4.69) is 25.1 Å². The molecule has 0 N–H and O–H groups in total. The van der Waals surface area contributed by atoms with Crippen molar-refractivity contribution in [1.82, 2.24) is 0 Å². The van der Waals surface area contributed by atoms with E-state index < -0.39 is 0 Å². The fourth-order valence-corrected chi connectivity index (χ4v) is 2.50. The second kappa shape index (κ2) is 2.11. The first-order valence-corrected chi connectivity index (χ1v) is 4.61. The van der Waals surface area contributed by atoms with E-state index in [9.17, 15) is 0 Å². The van der Waals surface area contributed by atoms with Crippen molar-refractivity contribution in [3.05, 3.63) is 34.9 Å². The second-order valence-corrected chi connectivity index (χ2v) is 3.77. The highest BCUT2D eigenvalue weighted by atomic mass is 16.5. The van der Waals surface area contributed by atoms with Gasteiger partial charge in [-0.3, -0.25) is 0 Å². The molecule has 0 amide bonds. The number of benzene rings is 1. The zero-order valence-electron chi connectivity index (χ0n) is 7.21. The molecule has 0 saturated carbocycles. The Morgan fingerprint density at radius 2 is 2.08 bits per heavy atom. The Labute approximate surface area is 72.4 Å². The molecule has 0 aliphatic carbocycles. The maximum atomic E-state index is 5.82. The Balaban J connectivity index is 2.26.